The predicted octanol–water partition coefficient (Wildman–Crippen LogP) is 7.57. The van der Waals surface area contributed by atoms with Crippen molar-refractivity contribution in [1.82, 2.24) is 20.0 Å². The summed E-state index contributed by atoms with van der Waals surface area (Å²) in [4.78, 5) is 57.9. The zero-order chi connectivity index (χ0) is 46.6. The number of methoxy groups -OCH3 is 2. The number of amides is 3. The van der Waals surface area contributed by atoms with E-state index >= 15 is 0 Å². The third kappa shape index (κ3) is 9.65. The summed E-state index contributed by atoms with van der Waals surface area (Å²) in [5, 5.41) is 5.84. The first-order chi connectivity index (χ1) is 32.6. The topological polar surface area (TPSA) is 150 Å². The van der Waals surface area contributed by atoms with Gasteiger partial charge in [0.15, 0.2) is 23.0 Å². The molecule has 3 amide bonds. The zero-order valence-corrected chi connectivity index (χ0v) is 38.8. The molecule has 5 heterocycles. The Morgan fingerprint density at radius 2 is 1.18 bits per heavy atom. The molecule has 4 aromatic carbocycles. The minimum Gasteiger partial charge on any atom is -0.493 e. The third-order valence-electron chi connectivity index (χ3n) is 13.2. The number of nitrogens with zero attached hydrogens (tertiary/aromatic N) is 6. The van der Waals surface area contributed by atoms with Gasteiger partial charge in [-0.05, 0) is 99.0 Å². The number of likely N-dealkylation sites (N-methyl/N-ethyl adjacent to an activating group) is 2. The molecule has 1 fully saturated rings. The van der Waals surface area contributed by atoms with Crippen LogP contribution < -0.4 is 34.5 Å². The van der Waals surface area contributed by atoms with Crippen molar-refractivity contribution < 1.29 is 33.3 Å². The molecule has 0 saturated carbocycles. The van der Waals surface area contributed by atoms with Crippen LogP contribution in [-0.4, -0.2) is 131 Å². The van der Waals surface area contributed by atoms with Crippen molar-refractivity contribution in [3.63, 3.8) is 0 Å². The van der Waals surface area contributed by atoms with E-state index in [-0.39, 0.29) is 35.8 Å². The van der Waals surface area contributed by atoms with Crippen molar-refractivity contribution in [2.45, 2.75) is 57.2 Å². The number of aliphatic imine (C=N–C) groups is 2. The fraction of sp³-hybridized carbons (Fsp3) is 0.365. The SMILES string of the molecule is CN[C@@H](C)C(=O)Nc1ccc(C2=CN3C(=O)c4cc(OC)c(OCCCCCOc5cc6c(cc5OC)C(=O)N5C=C(c7ccc(N8CCN(C)CC8)cc7)CC5C=N6)cc4N=C[C@@H]3C2)cc1. The molecule has 0 aromatic heterocycles. The number of hydrogen-bond acceptors (Lipinski definition) is 12. The van der Waals surface area contributed by atoms with Crippen LogP contribution >= 0.6 is 0 Å². The molecule has 3 atom stereocenters. The van der Waals surface area contributed by atoms with Crippen LogP contribution in [0.25, 0.3) is 11.1 Å². The molecule has 0 aliphatic carbocycles. The molecule has 5 aliphatic rings. The number of anilines is 2. The van der Waals surface area contributed by atoms with Crippen LogP contribution in [0.15, 0.2) is 95.2 Å². The second-order valence-electron chi connectivity index (χ2n) is 17.5. The second-order valence-corrected chi connectivity index (χ2v) is 17.5. The Kier molecular flexibility index (Phi) is 13.4. The quantitative estimate of drug-likeness (QED) is 0.108. The van der Waals surface area contributed by atoms with Crippen LogP contribution in [0.4, 0.5) is 22.7 Å². The van der Waals surface area contributed by atoms with Crippen molar-refractivity contribution >= 4 is 64.0 Å². The molecule has 15 heteroatoms. The van der Waals surface area contributed by atoms with Gasteiger partial charge in [-0.25, -0.2) is 0 Å². The molecule has 2 N–H and O–H groups in total. The van der Waals surface area contributed by atoms with Gasteiger partial charge in [0.1, 0.15) is 0 Å². The van der Waals surface area contributed by atoms with Gasteiger partial charge in [0.25, 0.3) is 11.8 Å². The second kappa shape index (κ2) is 19.9. The van der Waals surface area contributed by atoms with Gasteiger partial charge >= 0.3 is 0 Å². The molecule has 67 heavy (non-hydrogen) atoms. The van der Waals surface area contributed by atoms with Crippen molar-refractivity contribution in [2.24, 2.45) is 9.98 Å². The third-order valence-corrected chi connectivity index (χ3v) is 13.2. The van der Waals surface area contributed by atoms with Gasteiger partial charge in [-0.15, -0.1) is 0 Å². The number of rotatable bonds is 16. The van der Waals surface area contributed by atoms with Gasteiger partial charge in [0.2, 0.25) is 5.91 Å². The highest BCUT2D eigenvalue weighted by molar-refractivity contribution is 6.06. The van der Waals surface area contributed by atoms with E-state index in [1.807, 2.05) is 49.1 Å². The van der Waals surface area contributed by atoms with E-state index in [4.69, 9.17) is 28.9 Å². The Morgan fingerprint density at radius 3 is 1.66 bits per heavy atom. The minimum absolute atomic E-state index is 0.113. The summed E-state index contributed by atoms with van der Waals surface area (Å²) >= 11 is 0. The first-order valence-electron chi connectivity index (χ1n) is 23.1. The molecule has 15 nitrogen and oxygen atoms in total. The highest BCUT2D eigenvalue weighted by atomic mass is 16.5. The molecule has 348 valence electrons. The average molecular weight is 907 g/mol. The number of carbonyl (C=O) groups is 3. The van der Waals surface area contributed by atoms with E-state index in [0.29, 0.717) is 77.2 Å². The van der Waals surface area contributed by atoms with Crippen molar-refractivity contribution in [2.75, 3.05) is 77.9 Å². The monoisotopic (exact) mass is 906 g/mol. The summed E-state index contributed by atoms with van der Waals surface area (Å²) in [5.41, 5.74) is 8.11. The summed E-state index contributed by atoms with van der Waals surface area (Å²) in [5.74, 6) is 1.59. The first-order valence-corrected chi connectivity index (χ1v) is 23.1. The summed E-state index contributed by atoms with van der Waals surface area (Å²) in [6, 6.07) is 22.6. The van der Waals surface area contributed by atoms with Gasteiger partial charge in [0, 0.05) is 87.4 Å². The van der Waals surface area contributed by atoms with Gasteiger partial charge in [-0.3, -0.25) is 24.4 Å². The average Bonchev–Trinajstić information content (AvgIpc) is 3.94. The maximum absolute atomic E-state index is 13.9. The Balaban J connectivity index is 0.761. The Hall–Kier alpha value is -6.97. The fourth-order valence-electron chi connectivity index (χ4n) is 8.99. The number of carbonyl (C=O) groups excluding carboxylic acids is 3. The lowest BCUT2D eigenvalue weighted by Gasteiger charge is -2.34. The van der Waals surface area contributed by atoms with Crippen LogP contribution in [0.5, 0.6) is 23.0 Å². The lowest BCUT2D eigenvalue weighted by atomic mass is 10.0. The molecule has 0 radical (unpaired) electrons. The Morgan fingerprint density at radius 1 is 0.687 bits per heavy atom. The van der Waals surface area contributed by atoms with Gasteiger partial charge < -0.3 is 49.2 Å². The molecule has 5 aliphatic heterocycles. The van der Waals surface area contributed by atoms with Gasteiger partial charge in [0.05, 0.1) is 68.1 Å². The summed E-state index contributed by atoms with van der Waals surface area (Å²) < 4.78 is 23.8. The van der Waals surface area contributed by atoms with Crippen LogP contribution in [0.1, 0.15) is 70.9 Å². The predicted molar refractivity (Wildman–Crippen MR) is 262 cm³/mol. The lowest BCUT2D eigenvalue weighted by molar-refractivity contribution is -0.117. The van der Waals surface area contributed by atoms with Crippen molar-refractivity contribution in [3.05, 3.63) is 107 Å². The van der Waals surface area contributed by atoms with Crippen LogP contribution in [0, 0.1) is 0 Å². The number of hydrogen-bond donors (Lipinski definition) is 2. The number of benzene rings is 4. The highest BCUT2D eigenvalue weighted by Crippen LogP contribution is 2.42. The Labute approximate surface area is 391 Å². The molecule has 9 rings (SSSR count). The number of piperazine rings is 1. The van der Waals surface area contributed by atoms with Crippen LogP contribution in [0.3, 0.4) is 0 Å². The summed E-state index contributed by atoms with van der Waals surface area (Å²) in [6.07, 6.45) is 11.2. The maximum Gasteiger partial charge on any atom is 0.260 e. The molecule has 0 bridgehead atoms. The normalized spacial score (nSPS) is 19.1. The number of fused-ring (bicyclic) bond motifs is 4. The number of ether oxygens (including phenoxy) is 4. The van der Waals surface area contributed by atoms with Gasteiger partial charge in [-0.1, -0.05) is 24.3 Å². The van der Waals surface area contributed by atoms with Gasteiger partial charge in [-0.2, -0.15) is 0 Å². The van der Waals surface area contributed by atoms with Crippen LogP contribution in [-0.2, 0) is 4.79 Å². The van der Waals surface area contributed by atoms with Crippen molar-refractivity contribution in [3.8, 4) is 23.0 Å². The lowest BCUT2D eigenvalue weighted by Crippen LogP contribution is -2.44. The van der Waals surface area contributed by atoms with E-state index in [1.54, 1.807) is 62.3 Å². The molecule has 1 saturated heterocycles. The zero-order valence-electron chi connectivity index (χ0n) is 38.8. The van der Waals surface area contributed by atoms with E-state index < -0.39 is 0 Å². The summed E-state index contributed by atoms with van der Waals surface area (Å²) in [6.45, 7) is 6.82. The summed E-state index contributed by atoms with van der Waals surface area (Å²) in [7, 11) is 7.04. The minimum atomic E-state index is -0.311. The molecular weight excluding hydrogens is 849 g/mol. The smallest absolute Gasteiger partial charge is 0.260 e. The van der Waals surface area contributed by atoms with Crippen molar-refractivity contribution in [1.29, 1.82) is 0 Å². The number of unbranched alkanes of at least 4 members (excludes halogenated alkanes) is 2. The largest absolute Gasteiger partial charge is 0.493 e. The standard InChI is InChI=1S/C52H58N8O7/c1-33(53-2)50(61)56-38-13-9-34(10-14-38)36-23-40-29-54-44-27-48(46(64-4)25-42(44)51(62)59(40)31-36)66-21-7-6-8-22-67-49-28-45-43(26-47(49)65-5)52(63)60-32-37(24-41(60)30-55-45)35-11-15-39(16-12-35)58-19-17-57(3)18-20-58/h9-16,25-33,40-41,53H,6-8,17-24H2,1-5H3,(H,56,61)/t33-,40-,41?/m0/s1. The Bertz CT molecular complexity index is 2640. The highest BCUT2D eigenvalue weighted by Gasteiger charge is 2.35. The molecule has 4 aromatic rings. The van der Waals surface area contributed by atoms with E-state index in [9.17, 15) is 14.4 Å². The van der Waals surface area contributed by atoms with Crippen LogP contribution in [0.2, 0.25) is 0 Å². The van der Waals surface area contributed by atoms with E-state index in [1.165, 1.54) is 5.69 Å². The molecule has 1 unspecified atom stereocenters. The fourth-order valence-corrected chi connectivity index (χ4v) is 8.99. The molecular formula is C52H58N8O7. The maximum atomic E-state index is 13.9. The number of nitrogens with one attached hydrogen (secondary N) is 2. The first kappa shape index (κ1) is 45.2. The van der Waals surface area contributed by atoms with E-state index in [0.717, 1.165) is 67.7 Å². The molecule has 0 spiro atoms. The van der Waals surface area contributed by atoms with E-state index in [2.05, 4.69) is 51.7 Å².